The van der Waals surface area contributed by atoms with Crippen molar-refractivity contribution in [2.24, 2.45) is 0 Å². The van der Waals surface area contributed by atoms with Gasteiger partial charge in [-0.2, -0.15) is 13.5 Å². The highest BCUT2D eigenvalue weighted by molar-refractivity contribution is 6.32. The van der Waals surface area contributed by atoms with Crippen molar-refractivity contribution >= 4 is 11.6 Å². The number of hydrogen-bond acceptors (Lipinski definition) is 3. The molecule has 1 heterocycles. The van der Waals surface area contributed by atoms with Crippen LogP contribution in [0.4, 0.5) is 8.78 Å². The Morgan fingerprint density at radius 3 is 2.53 bits per heavy atom. The van der Waals surface area contributed by atoms with Gasteiger partial charge in [0.05, 0.1) is 10.7 Å². The Morgan fingerprint density at radius 1 is 1.37 bits per heavy atom. The van der Waals surface area contributed by atoms with E-state index < -0.39 is 12.2 Å². The molecule has 2 rings (SSSR count). The molecule has 1 N–H and O–H groups in total. The zero-order valence-electron chi connectivity index (χ0n) is 10.1. The zero-order valence-corrected chi connectivity index (χ0v) is 10.8. The number of alkyl halides is 2. The van der Waals surface area contributed by atoms with Crippen LogP contribution in [0.25, 0.3) is 5.69 Å². The maximum Gasteiger partial charge on any atom is 0.355 e. The summed E-state index contributed by atoms with van der Waals surface area (Å²) in [7, 11) is 0. The second-order valence-corrected chi connectivity index (χ2v) is 4.39. The number of aryl methyl sites for hydroxylation is 2. The van der Waals surface area contributed by atoms with Crippen molar-refractivity contribution in [2.45, 2.75) is 20.4 Å². The molecule has 0 aliphatic heterocycles. The summed E-state index contributed by atoms with van der Waals surface area (Å²) in [5.41, 5.74) is -0.457. The highest BCUT2D eigenvalue weighted by Gasteiger charge is 2.20. The first-order valence-corrected chi connectivity index (χ1v) is 5.66. The Hall–Kier alpha value is -1.89. The molecule has 0 fully saturated rings. The van der Waals surface area contributed by atoms with Crippen LogP contribution in [0.2, 0.25) is 5.02 Å². The second-order valence-electron chi connectivity index (χ2n) is 3.98. The number of halogens is 3. The summed E-state index contributed by atoms with van der Waals surface area (Å²) in [6, 6.07) is 2.64. The minimum absolute atomic E-state index is 0.0530. The lowest BCUT2D eigenvalue weighted by molar-refractivity contribution is 0.0640. The molecule has 8 heteroatoms. The molecule has 19 heavy (non-hydrogen) atoms. The third-order valence-corrected chi connectivity index (χ3v) is 2.97. The maximum absolute atomic E-state index is 12.7. The van der Waals surface area contributed by atoms with Gasteiger partial charge in [0, 0.05) is 6.07 Å². The molecule has 102 valence electrons. The Kier molecular flexibility index (Phi) is 3.32. The van der Waals surface area contributed by atoms with Gasteiger partial charge in [-0.05, 0) is 25.5 Å². The predicted octanol–water partition coefficient (Wildman–Crippen LogP) is 2.40. The maximum atomic E-state index is 12.7. The first-order valence-electron chi connectivity index (χ1n) is 5.28. The van der Waals surface area contributed by atoms with Gasteiger partial charge in [-0.15, -0.1) is 5.10 Å². The predicted molar refractivity (Wildman–Crippen MR) is 65.2 cm³/mol. The normalized spacial score (nSPS) is 11.3. The number of nitrogens with zero attached hydrogens (tertiary/aromatic N) is 3. The first-order chi connectivity index (χ1) is 8.82. The molecule has 0 bridgehead atoms. The summed E-state index contributed by atoms with van der Waals surface area (Å²) in [6.45, 7) is -0.0814. The van der Waals surface area contributed by atoms with E-state index in [1.165, 1.54) is 19.1 Å². The Bertz CT molecular complexity index is 694. The van der Waals surface area contributed by atoms with Crippen LogP contribution in [-0.2, 0) is 0 Å². The molecule has 0 saturated heterocycles. The summed E-state index contributed by atoms with van der Waals surface area (Å²) in [6.07, 6.45) is 0. The SMILES string of the molecule is Cc1cc(Cl)c(-n2nc(C)n(C(F)F)c2=O)cc1O. The van der Waals surface area contributed by atoms with Gasteiger partial charge >= 0.3 is 12.2 Å². The van der Waals surface area contributed by atoms with E-state index in [1.54, 1.807) is 6.92 Å². The van der Waals surface area contributed by atoms with E-state index in [0.29, 0.717) is 5.56 Å². The molecule has 0 unspecified atom stereocenters. The summed E-state index contributed by atoms with van der Waals surface area (Å²) in [5.74, 6) is -0.244. The number of benzene rings is 1. The fourth-order valence-corrected chi connectivity index (χ4v) is 1.97. The largest absolute Gasteiger partial charge is 0.508 e. The monoisotopic (exact) mass is 289 g/mol. The fraction of sp³-hybridized carbons (Fsp3) is 0.273. The van der Waals surface area contributed by atoms with E-state index in [1.807, 2.05) is 0 Å². The van der Waals surface area contributed by atoms with Crippen molar-refractivity contribution in [3.8, 4) is 11.4 Å². The van der Waals surface area contributed by atoms with Gasteiger partial charge in [0.25, 0.3) is 0 Å². The van der Waals surface area contributed by atoms with Gasteiger partial charge in [-0.1, -0.05) is 11.6 Å². The molecule has 5 nitrogen and oxygen atoms in total. The average Bonchev–Trinajstić information content (AvgIpc) is 2.59. The van der Waals surface area contributed by atoms with Crippen molar-refractivity contribution in [3.63, 3.8) is 0 Å². The van der Waals surface area contributed by atoms with Crippen molar-refractivity contribution in [3.05, 3.63) is 39.0 Å². The van der Waals surface area contributed by atoms with Gasteiger partial charge in [-0.3, -0.25) is 0 Å². The quantitative estimate of drug-likeness (QED) is 0.923. The topological polar surface area (TPSA) is 60.0 Å². The van der Waals surface area contributed by atoms with Gasteiger partial charge in [0.2, 0.25) is 0 Å². The molecule has 0 aliphatic rings. The second kappa shape index (κ2) is 4.65. The van der Waals surface area contributed by atoms with Gasteiger partial charge in [0.1, 0.15) is 11.6 Å². The van der Waals surface area contributed by atoms with Crippen LogP contribution in [0.1, 0.15) is 17.9 Å². The van der Waals surface area contributed by atoms with Crippen LogP contribution in [0.15, 0.2) is 16.9 Å². The molecule has 1 aromatic carbocycles. The number of aromatic hydroxyl groups is 1. The third kappa shape index (κ3) is 2.21. The van der Waals surface area contributed by atoms with Gasteiger partial charge in [-0.25, -0.2) is 9.36 Å². The lowest BCUT2D eigenvalue weighted by atomic mass is 10.2. The molecule has 0 amide bonds. The van der Waals surface area contributed by atoms with Crippen molar-refractivity contribution in [1.29, 1.82) is 0 Å². The number of aromatic nitrogens is 3. The lowest BCUT2D eigenvalue weighted by Gasteiger charge is -2.06. The first kappa shape index (κ1) is 13.5. The molecule has 0 radical (unpaired) electrons. The van der Waals surface area contributed by atoms with Crippen molar-refractivity contribution in [2.75, 3.05) is 0 Å². The highest BCUT2D eigenvalue weighted by atomic mass is 35.5. The Labute approximate surface area is 111 Å². The third-order valence-electron chi connectivity index (χ3n) is 2.67. The van der Waals surface area contributed by atoms with E-state index in [0.717, 1.165) is 4.68 Å². The number of hydrogen-bond donors (Lipinski definition) is 1. The molecule has 1 aromatic heterocycles. The minimum Gasteiger partial charge on any atom is -0.508 e. The molecule has 0 aliphatic carbocycles. The smallest absolute Gasteiger partial charge is 0.355 e. The van der Waals surface area contributed by atoms with Crippen molar-refractivity contribution in [1.82, 2.24) is 14.3 Å². The van der Waals surface area contributed by atoms with E-state index >= 15 is 0 Å². The van der Waals surface area contributed by atoms with Crippen LogP contribution >= 0.6 is 11.6 Å². The van der Waals surface area contributed by atoms with Crippen LogP contribution in [-0.4, -0.2) is 19.5 Å². The minimum atomic E-state index is -2.99. The van der Waals surface area contributed by atoms with E-state index in [-0.39, 0.29) is 26.9 Å². The Balaban J connectivity index is 2.70. The summed E-state index contributed by atoms with van der Waals surface area (Å²) in [5, 5.41) is 13.5. The standard InChI is InChI=1S/C11H10ClF2N3O2/c1-5-3-7(12)8(4-9(5)18)17-11(19)16(10(13)14)6(2)15-17/h3-4,10,18H,1-2H3. The van der Waals surface area contributed by atoms with Gasteiger partial charge < -0.3 is 5.11 Å². The van der Waals surface area contributed by atoms with Crippen LogP contribution < -0.4 is 5.69 Å². The zero-order chi connectivity index (χ0) is 14.3. The Morgan fingerprint density at radius 2 is 2.00 bits per heavy atom. The van der Waals surface area contributed by atoms with Crippen LogP contribution in [0, 0.1) is 13.8 Å². The number of phenols is 1. The molecule has 0 saturated carbocycles. The van der Waals surface area contributed by atoms with E-state index in [4.69, 9.17) is 11.6 Å². The average molecular weight is 290 g/mol. The van der Waals surface area contributed by atoms with Crippen LogP contribution in [0.5, 0.6) is 5.75 Å². The summed E-state index contributed by atoms with van der Waals surface area (Å²) >= 11 is 5.94. The highest BCUT2D eigenvalue weighted by Crippen LogP contribution is 2.27. The molecule has 0 spiro atoms. The molecule has 0 atom stereocenters. The number of phenolic OH excluding ortho intramolecular Hbond substituents is 1. The lowest BCUT2D eigenvalue weighted by Crippen LogP contribution is -2.24. The van der Waals surface area contributed by atoms with Crippen LogP contribution in [0.3, 0.4) is 0 Å². The fourth-order valence-electron chi connectivity index (χ4n) is 1.67. The summed E-state index contributed by atoms with van der Waals surface area (Å²) < 4.78 is 26.4. The van der Waals surface area contributed by atoms with E-state index in [2.05, 4.69) is 5.10 Å². The number of rotatable bonds is 2. The van der Waals surface area contributed by atoms with Gasteiger partial charge in [0.15, 0.2) is 0 Å². The van der Waals surface area contributed by atoms with Crippen molar-refractivity contribution < 1.29 is 13.9 Å². The molecular formula is C11H10ClF2N3O2. The van der Waals surface area contributed by atoms with E-state index in [9.17, 15) is 18.7 Å². The summed E-state index contributed by atoms with van der Waals surface area (Å²) in [4.78, 5) is 11.8. The molecule has 2 aromatic rings. The molecular weight excluding hydrogens is 280 g/mol.